The number of nitrogens with zero attached hydrogens (tertiary/aromatic N) is 3. The van der Waals surface area contributed by atoms with Crippen LogP contribution in [0.5, 0.6) is 0 Å². The van der Waals surface area contributed by atoms with Crippen LogP contribution >= 0.6 is 23.1 Å². The van der Waals surface area contributed by atoms with Gasteiger partial charge in [0, 0.05) is 12.5 Å². The smallest absolute Gasteiger partial charge is 0.243 e. The van der Waals surface area contributed by atoms with Crippen LogP contribution in [-0.4, -0.2) is 38.2 Å². The Kier molecular flexibility index (Phi) is 4.07. The highest BCUT2D eigenvalue weighted by molar-refractivity contribution is 8.02. The number of hydrogen-bond acceptors (Lipinski definition) is 6. The minimum absolute atomic E-state index is 0.0133. The molecule has 108 valence electrons. The van der Waals surface area contributed by atoms with E-state index in [1.54, 1.807) is 0 Å². The zero-order valence-corrected chi connectivity index (χ0v) is 13.0. The van der Waals surface area contributed by atoms with Crippen LogP contribution in [0.2, 0.25) is 0 Å². The van der Waals surface area contributed by atoms with E-state index in [-0.39, 0.29) is 23.1 Å². The average Bonchev–Trinajstić information content (AvgIpc) is 2.96. The summed E-state index contributed by atoms with van der Waals surface area (Å²) >= 11 is 2.86. The van der Waals surface area contributed by atoms with Crippen molar-refractivity contribution in [3.05, 3.63) is 5.01 Å². The zero-order valence-electron chi connectivity index (χ0n) is 11.4. The second kappa shape index (κ2) is 5.81. The molecule has 0 N–H and O–H groups in total. The molecule has 1 atom stereocenters. The Balaban J connectivity index is 1.69. The highest BCUT2D eigenvalue weighted by Gasteiger charge is 2.43. The lowest BCUT2D eigenvalue weighted by Crippen LogP contribution is -2.41. The van der Waals surface area contributed by atoms with Crippen molar-refractivity contribution in [2.45, 2.75) is 61.1 Å². The van der Waals surface area contributed by atoms with Crippen molar-refractivity contribution < 1.29 is 9.59 Å². The Morgan fingerprint density at radius 1 is 1.20 bits per heavy atom. The summed E-state index contributed by atoms with van der Waals surface area (Å²) in [6, 6.07) is 0.130. The van der Waals surface area contributed by atoms with Crippen LogP contribution in [-0.2, 0) is 9.59 Å². The molecule has 1 aliphatic carbocycles. The number of carbonyl (C=O) groups excluding carboxylic acids is 2. The molecule has 2 amide bonds. The minimum atomic E-state index is -0.309. The van der Waals surface area contributed by atoms with E-state index in [2.05, 4.69) is 10.2 Å². The molecule has 1 unspecified atom stereocenters. The fraction of sp³-hybridized carbons (Fsp3) is 0.692. The lowest BCUT2D eigenvalue weighted by atomic mass is 9.94. The van der Waals surface area contributed by atoms with E-state index in [9.17, 15) is 9.59 Å². The summed E-state index contributed by atoms with van der Waals surface area (Å²) in [5.74, 6) is -0.0413. The predicted molar refractivity (Wildman–Crippen MR) is 77.6 cm³/mol. The number of likely N-dealkylation sites (tertiary alicyclic amines) is 1. The largest absolute Gasteiger partial charge is 0.278 e. The van der Waals surface area contributed by atoms with Gasteiger partial charge in [-0.2, -0.15) is 0 Å². The molecule has 0 radical (unpaired) electrons. The molecular weight excluding hydrogens is 294 g/mol. The van der Waals surface area contributed by atoms with E-state index < -0.39 is 0 Å². The second-order valence-corrected chi connectivity index (χ2v) is 7.92. The van der Waals surface area contributed by atoms with Crippen molar-refractivity contribution in [1.29, 1.82) is 0 Å². The van der Waals surface area contributed by atoms with Gasteiger partial charge in [0.1, 0.15) is 5.01 Å². The van der Waals surface area contributed by atoms with E-state index in [4.69, 9.17) is 0 Å². The Labute approximate surface area is 126 Å². The first-order valence-corrected chi connectivity index (χ1v) is 8.67. The fourth-order valence-electron chi connectivity index (χ4n) is 2.88. The number of hydrogen-bond donors (Lipinski definition) is 0. The van der Waals surface area contributed by atoms with Gasteiger partial charge in [-0.05, 0) is 19.8 Å². The maximum atomic E-state index is 12.5. The molecule has 0 spiro atoms. The molecule has 3 rings (SSSR count). The lowest BCUT2D eigenvalue weighted by molar-refractivity contribution is -0.141. The van der Waals surface area contributed by atoms with Crippen LogP contribution in [0.25, 0.3) is 0 Å². The van der Waals surface area contributed by atoms with Crippen LogP contribution in [0.15, 0.2) is 4.34 Å². The van der Waals surface area contributed by atoms with Gasteiger partial charge in [0.05, 0.1) is 5.25 Å². The molecule has 1 aromatic rings. The first-order chi connectivity index (χ1) is 9.65. The highest BCUT2D eigenvalue weighted by Crippen LogP contribution is 2.35. The first kappa shape index (κ1) is 14.0. The number of imide groups is 1. The number of aromatic nitrogens is 2. The van der Waals surface area contributed by atoms with Gasteiger partial charge < -0.3 is 0 Å². The molecule has 2 aliphatic rings. The van der Waals surface area contributed by atoms with Crippen molar-refractivity contribution in [3.8, 4) is 0 Å². The van der Waals surface area contributed by atoms with Crippen molar-refractivity contribution in [3.63, 3.8) is 0 Å². The topological polar surface area (TPSA) is 63.2 Å². The van der Waals surface area contributed by atoms with E-state index >= 15 is 0 Å². The van der Waals surface area contributed by atoms with Gasteiger partial charge in [0.25, 0.3) is 0 Å². The summed E-state index contributed by atoms with van der Waals surface area (Å²) in [5, 5.41) is 8.55. The molecule has 0 bridgehead atoms. The summed E-state index contributed by atoms with van der Waals surface area (Å²) in [5.41, 5.74) is 0. The SMILES string of the molecule is Cc1nnc(SC2CC(=O)N(C3CCCCC3)C2=O)s1. The molecule has 20 heavy (non-hydrogen) atoms. The molecule has 7 heteroatoms. The van der Waals surface area contributed by atoms with Gasteiger partial charge in [-0.15, -0.1) is 10.2 Å². The van der Waals surface area contributed by atoms with E-state index in [1.165, 1.54) is 34.4 Å². The fourth-order valence-corrected chi connectivity index (χ4v) is 4.98. The third-order valence-electron chi connectivity index (χ3n) is 3.83. The molecule has 1 saturated carbocycles. The van der Waals surface area contributed by atoms with Gasteiger partial charge >= 0.3 is 0 Å². The lowest BCUT2D eigenvalue weighted by Gasteiger charge is -2.29. The van der Waals surface area contributed by atoms with Crippen molar-refractivity contribution in [1.82, 2.24) is 15.1 Å². The van der Waals surface area contributed by atoms with Gasteiger partial charge in [-0.25, -0.2) is 0 Å². The maximum absolute atomic E-state index is 12.5. The molecule has 2 fully saturated rings. The Hall–Kier alpha value is -0.950. The Morgan fingerprint density at radius 2 is 1.95 bits per heavy atom. The van der Waals surface area contributed by atoms with E-state index in [0.29, 0.717) is 6.42 Å². The minimum Gasteiger partial charge on any atom is -0.278 e. The normalized spacial score (nSPS) is 24.6. The van der Waals surface area contributed by atoms with Crippen molar-refractivity contribution >= 4 is 34.9 Å². The van der Waals surface area contributed by atoms with Crippen molar-refractivity contribution in [2.24, 2.45) is 0 Å². The zero-order chi connectivity index (χ0) is 14.1. The number of rotatable bonds is 3. The number of aryl methyl sites for hydroxylation is 1. The van der Waals surface area contributed by atoms with Crippen LogP contribution in [0, 0.1) is 6.92 Å². The third kappa shape index (κ3) is 2.74. The second-order valence-electron chi connectivity index (χ2n) is 5.29. The Bertz CT molecular complexity index is 525. The molecule has 2 heterocycles. The predicted octanol–water partition coefficient (Wildman–Crippen LogP) is 2.40. The summed E-state index contributed by atoms with van der Waals surface area (Å²) in [6.07, 6.45) is 5.69. The van der Waals surface area contributed by atoms with Crippen LogP contribution in [0.4, 0.5) is 0 Å². The monoisotopic (exact) mass is 311 g/mol. The summed E-state index contributed by atoms with van der Waals surface area (Å²) in [4.78, 5) is 26.1. The standard InChI is InChI=1S/C13H17N3O2S2/c1-8-14-15-13(19-8)20-10-7-11(17)16(12(10)18)9-5-3-2-4-6-9/h9-10H,2-7H2,1H3. The average molecular weight is 311 g/mol. The summed E-state index contributed by atoms with van der Waals surface area (Å²) < 4.78 is 0.777. The highest BCUT2D eigenvalue weighted by atomic mass is 32.2. The Morgan fingerprint density at radius 3 is 2.60 bits per heavy atom. The van der Waals surface area contributed by atoms with Crippen LogP contribution in [0.1, 0.15) is 43.5 Å². The molecule has 5 nitrogen and oxygen atoms in total. The van der Waals surface area contributed by atoms with Gasteiger partial charge in [0.2, 0.25) is 11.8 Å². The number of thioether (sulfide) groups is 1. The van der Waals surface area contributed by atoms with Crippen LogP contribution < -0.4 is 0 Å². The molecule has 1 aromatic heterocycles. The molecule has 1 aliphatic heterocycles. The molecule has 0 aromatic carbocycles. The summed E-state index contributed by atoms with van der Waals surface area (Å²) in [6.45, 7) is 1.89. The number of amides is 2. The maximum Gasteiger partial charge on any atom is 0.243 e. The quantitative estimate of drug-likeness (QED) is 0.802. The van der Waals surface area contributed by atoms with Gasteiger partial charge in [0.15, 0.2) is 4.34 Å². The third-order valence-corrected chi connectivity index (χ3v) is 5.94. The van der Waals surface area contributed by atoms with Gasteiger partial charge in [-0.1, -0.05) is 42.4 Å². The van der Waals surface area contributed by atoms with Gasteiger partial charge in [-0.3, -0.25) is 14.5 Å². The van der Waals surface area contributed by atoms with Crippen molar-refractivity contribution in [2.75, 3.05) is 0 Å². The van der Waals surface area contributed by atoms with Crippen LogP contribution in [0.3, 0.4) is 0 Å². The van der Waals surface area contributed by atoms with E-state index in [0.717, 1.165) is 35.0 Å². The van der Waals surface area contributed by atoms with E-state index in [1.807, 2.05) is 6.92 Å². The molecule has 1 saturated heterocycles. The molecular formula is C13H17N3O2S2. The summed E-state index contributed by atoms with van der Waals surface area (Å²) in [7, 11) is 0. The first-order valence-electron chi connectivity index (χ1n) is 6.98. The number of carbonyl (C=O) groups is 2.